The van der Waals surface area contributed by atoms with Crippen LogP contribution in [0.1, 0.15) is 19.7 Å². The molecule has 0 aliphatic carbocycles. The summed E-state index contributed by atoms with van der Waals surface area (Å²) < 4.78 is 0. The van der Waals surface area contributed by atoms with E-state index < -0.39 is 0 Å². The molecule has 2 rings (SSSR count). The summed E-state index contributed by atoms with van der Waals surface area (Å²) in [6, 6.07) is 7.15. The quantitative estimate of drug-likeness (QED) is 0.886. The number of nitrogens with zero attached hydrogens (tertiary/aromatic N) is 2. The van der Waals surface area contributed by atoms with Gasteiger partial charge in [-0.15, -0.1) is 0 Å². The molecule has 2 aromatic rings. The van der Waals surface area contributed by atoms with Gasteiger partial charge in [0, 0.05) is 13.5 Å². The van der Waals surface area contributed by atoms with Crippen molar-refractivity contribution in [2.24, 2.45) is 0 Å². The molecule has 0 atom stereocenters. The number of hydrogen-bond acceptors (Lipinski definition) is 3. The van der Waals surface area contributed by atoms with Gasteiger partial charge in [-0.05, 0) is 19.1 Å². The van der Waals surface area contributed by atoms with Gasteiger partial charge in [0.2, 0.25) is 5.91 Å². The third-order valence-corrected chi connectivity index (χ3v) is 2.83. The summed E-state index contributed by atoms with van der Waals surface area (Å²) >= 11 is 0. The summed E-state index contributed by atoms with van der Waals surface area (Å²) in [4.78, 5) is 31.9. The number of H-pyrrole nitrogens is 1. The lowest BCUT2D eigenvalue weighted by Gasteiger charge is -2.17. The number of carbonyl (C=O) groups excluding carboxylic acids is 1. The Labute approximate surface area is 104 Å². The monoisotopic (exact) mass is 245 g/mol. The predicted octanol–water partition coefficient (Wildman–Crippen LogP) is 1.29. The van der Waals surface area contributed by atoms with Gasteiger partial charge in [0.1, 0.15) is 5.82 Å². The number of amides is 1. The zero-order valence-electron chi connectivity index (χ0n) is 10.4. The molecule has 18 heavy (non-hydrogen) atoms. The van der Waals surface area contributed by atoms with Crippen LogP contribution < -0.4 is 5.56 Å². The maximum absolute atomic E-state index is 11.8. The van der Waals surface area contributed by atoms with Gasteiger partial charge in [0.15, 0.2) is 0 Å². The van der Waals surface area contributed by atoms with E-state index in [1.807, 2.05) is 13.0 Å². The third kappa shape index (κ3) is 2.40. The minimum Gasteiger partial charge on any atom is -0.336 e. The minimum absolute atomic E-state index is 0.0340. The van der Waals surface area contributed by atoms with Crippen LogP contribution in [0.15, 0.2) is 29.1 Å². The van der Waals surface area contributed by atoms with Crippen molar-refractivity contribution in [3.8, 4) is 0 Å². The van der Waals surface area contributed by atoms with Crippen LogP contribution in [0.4, 0.5) is 0 Å². The van der Waals surface area contributed by atoms with Gasteiger partial charge >= 0.3 is 0 Å². The molecule has 0 fully saturated rings. The first-order valence-electron chi connectivity index (χ1n) is 5.85. The second kappa shape index (κ2) is 5.00. The molecule has 0 aliphatic rings. The van der Waals surface area contributed by atoms with Gasteiger partial charge < -0.3 is 9.88 Å². The highest BCUT2D eigenvalue weighted by molar-refractivity contribution is 5.77. The summed E-state index contributed by atoms with van der Waals surface area (Å²) in [7, 11) is 0. The number of rotatable bonds is 3. The van der Waals surface area contributed by atoms with Crippen molar-refractivity contribution >= 4 is 16.8 Å². The first-order valence-corrected chi connectivity index (χ1v) is 5.85. The summed E-state index contributed by atoms with van der Waals surface area (Å²) in [5.41, 5.74) is 0.478. The highest BCUT2D eigenvalue weighted by Gasteiger charge is 2.09. The normalized spacial score (nSPS) is 10.6. The molecule has 5 heteroatoms. The van der Waals surface area contributed by atoms with E-state index in [2.05, 4.69) is 9.97 Å². The molecule has 1 N–H and O–H groups in total. The Bertz CT molecular complexity index is 633. The van der Waals surface area contributed by atoms with Crippen LogP contribution in [-0.2, 0) is 11.3 Å². The molecule has 0 saturated carbocycles. The predicted molar refractivity (Wildman–Crippen MR) is 69.1 cm³/mol. The molecule has 5 nitrogen and oxygen atoms in total. The zero-order valence-corrected chi connectivity index (χ0v) is 10.4. The summed E-state index contributed by atoms with van der Waals surface area (Å²) in [5, 5.41) is 0.562. The average molecular weight is 245 g/mol. The van der Waals surface area contributed by atoms with Gasteiger partial charge in [-0.25, -0.2) is 4.98 Å². The topological polar surface area (TPSA) is 66.1 Å². The molecule has 1 amide bonds. The third-order valence-electron chi connectivity index (χ3n) is 2.83. The van der Waals surface area contributed by atoms with Crippen LogP contribution in [0.2, 0.25) is 0 Å². The van der Waals surface area contributed by atoms with E-state index in [0.717, 1.165) is 0 Å². The number of hydrogen-bond donors (Lipinski definition) is 1. The molecule has 1 aromatic heterocycles. The van der Waals surface area contributed by atoms with Crippen molar-refractivity contribution in [3.05, 3.63) is 40.4 Å². The maximum Gasteiger partial charge on any atom is 0.258 e. The molecule has 0 radical (unpaired) electrons. The molecule has 1 aromatic carbocycles. The average Bonchev–Trinajstić information content (AvgIpc) is 2.35. The highest BCUT2D eigenvalue weighted by atomic mass is 16.2. The molecular weight excluding hydrogens is 230 g/mol. The SMILES string of the molecule is CCN(Cc1nc2ccccc2c(=O)[nH]1)C(C)=O. The van der Waals surface area contributed by atoms with Crippen LogP contribution in [0.25, 0.3) is 10.9 Å². The summed E-state index contributed by atoms with van der Waals surface area (Å²) in [5.74, 6) is 0.476. The maximum atomic E-state index is 11.8. The smallest absolute Gasteiger partial charge is 0.258 e. The van der Waals surface area contributed by atoms with Crippen LogP contribution in [0.5, 0.6) is 0 Å². The number of carbonyl (C=O) groups is 1. The Morgan fingerprint density at radius 1 is 1.39 bits per heavy atom. The number of benzene rings is 1. The van der Waals surface area contributed by atoms with Crippen molar-refractivity contribution in [2.45, 2.75) is 20.4 Å². The lowest BCUT2D eigenvalue weighted by atomic mass is 10.2. The van der Waals surface area contributed by atoms with Gasteiger partial charge in [-0.2, -0.15) is 0 Å². The van der Waals surface area contributed by atoms with Crippen molar-refractivity contribution < 1.29 is 4.79 Å². The van der Waals surface area contributed by atoms with Crippen LogP contribution in [-0.4, -0.2) is 27.3 Å². The van der Waals surface area contributed by atoms with Crippen molar-refractivity contribution in [1.29, 1.82) is 0 Å². The number of fused-ring (bicyclic) bond motifs is 1. The molecule has 0 unspecified atom stereocenters. The lowest BCUT2D eigenvalue weighted by Crippen LogP contribution is -2.29. The fourth-order valence-corrected chi connectivity index (χ4v) is 1.84. The molecule has 0 saturated heterocycles. The molecule has 0 aliphatic heterocycles. The van der Waals surface area contributed by atoms with Crippen LogP contribution >= 0.6 is 0 Å². The van der Waals surface area contributed by atoms with E-state index in [4.69, 9.17) is 0 Å². The lowest BCUT2D eigenvalue weighted by molar-refractivity contribution is -0.129. The number of aromatic nitrogens is 2. The summed E-state index contributed by atoms with van der Waals surface area (Å²) in [6.07, 6.45) is 0. The minimum atomic E-state index is -0.171. The van der Waals surface area contributed by atoms with Gasteiger partial charge in [-0.3, -0.25) is 9.59 Å². The second-order valence-corrected chi connectivity index (χ2v) is 4.06. The Morgan fingerprint density at radius 3 is 2.78 bits per heavy atom. The van der Waals surface area contributed by atoms with Crippen molar-refractivity contribution in [1.82, 2.24) is 14.9 Å². The van der Waals surface area contributed by atoms with Gasteiger partial charge in [0.05, 0.1) is 17.4 Å². The first kappa shape index (κ1) is 12.3. The Hall–Kier alpha value is -2.17. The molecular formula is C13H15N3O2. The Morgan fingerprint density at radius 2 is 2.11 bits per heavy atom. The van der Waals surface area contributed by atoms with E-state index in [1.165, 1.54) is 6.92 Å². The van der Waals surface area contributed by atoms with E-state index >= 15 is 0 Å². The first-order chi connectivity index (χ1) is 8.61. The van der Waals surface area contributed by atoms with Crippen LogP contribution in [0, 0.1) is 0 Å². The van der Waals surface area contributed by atoms with Gasteiger partial charge in [0.25, 0.3) is 5.56 Å². The van der Waals surface area contributed by atoms with Crippen molar-refractivity contribution in [3.63, 3.8) is 0 Å². The molecule has 1 heterocycles. The Kier molecular flexibility index (Phi) is 3.41. The number of para-hydroxylation sites is 1. The van der Waals surface area contributed by atoms with Crippen molar-refractivity contribution in [2.75, 3.05) is 6.54 Å². The Balaban J connectivity index is 2.41. The number of aromatic amines is 1. The molecule has 0 spiro atoms. The number of nitrogens with one attached hydrogen (secondary N) is 1. The van der Waals surface area contributed by atoms with Gasteiger partial charge in [-0.1, -0.05) is 12.1 Å². The highest BCUT2D eigenvalue weighted by Crippen LogP contribution is 2.07. The zero-order chi connectivity index (χ0) is 13.1. The van der Waals surface area contributed by atoms with E-state index in [1.54, 1.807) is 23.1 Å². The standard InChI is InChI=1S/C13H15N3O2/c1-3-16(9(2)17)8-12-14-11-7-5-4-6-10(11)13(18)15-12/h4-7H,3,8H2,1-2H3,(H,14,15,18). The van der Waals surface area contributed by atoms with E-state index in [9.17, 15) is 9.59 Å². The largest absolute Gasteiger partial charge is 0.336 e. The fraction of sp³-hybridized carbons (Fsp3) is 0.308. The summed E-state index contributed by atoms with van der Waals surface area (Å²) in [6.45, 7) is 4.31. The molecule has 0 bridgehead atoms. The van der Waals surface area contributed by atoms with E-state index in [0.29, 0.717) is 29.8 Å². The fourth-order valence-electron chi connectivity index (χ4n) is 1.84. The van der Waals surface area contributed by atoms with E-state index in [-0.39, 0.29) is 11.5 Å². The van der Waals surface area contributed by atoms with Crippen LogP contribution in [0.3, 0.4) is 0 Å². The second-order valence-electron chi connectivity index (χ2n) is 4.06. The molecule has 94 valence electrons.